The van der Waals surface area contributed by atoms with Gasteiger partial charge < -0.3 is 10.4 Å². The van der Waals surface area contributed by atoms with Crippen LogP contribution in [0.5, 0.6) is 0 Å². The molecule has 0 aliphatic heterocycles. The van der Waals surface area contributed by atoms with E-state index in [4.69, 9.17) is 0 Å². The van der Waals surface area contributed by atoms with Gasteiger partial charge in [-0.3, -0.25) is 0 Å². The number of aliphatic hydroxyl groups is 1. The Hall–Kier alpha value is -0.0800. The summed E-state index contributed by atoms with van der Waals surface area (Å²) in [5.41, 5.74) is 0. The quantitative estimate of drug-likeness (QED) is 0.601. The van der Waals surface area contributed by atoms with Crippen LogP contribution in [-0.4, -0.2) is 24.3 Å². The standard InChI is InChI=1S/C9H19NO/c1-10-8-4-2-3-5-9(11)7-6-8/h8-11H,2-7H2,1H3/t8-,9+/m1/s1. The largest absolute Gasteiger partial charge is 0.393 e. The van der Waals surface area contributed by atoms with Gasteiger partial charge in [0.15, 0.2) is 0 Å². The van der Waals surface area contributed by atoms with Crippen molar-refractivity contribution in [2.75, 3.05) is 7.05 Å². The summed E-state index contributed by atoms with van der Waals surface area (Å²) in [6.45, 7) is 0. The van der Waals surface area contributed by atoms with Crippen molar-refractivity contribution in [2.24, 2.45) is 0 Å². The molecule has 0 radical (unpaired) electrons. The summed E-state index contributed by atoms with van der Waals surface area (Å²) in [6.07, 6.45) is 6.83. The van der Waals surface area contributed by atoms with E-state index in [9.17, 15) is 5.11 Å². The molecule has 0 aromatic carbocycles. The molecule has 0 aromatic heterocycles. The zero-order chi connectivity index (χ0) is 8.10. The third kappa shape index (κ3) is 3.21. The Morgan fingerprint density at radius 3 is 2.55 bits per heavy atom. The van der Waals surface area contributed by atoms with Gasteiger partial charge >= 0.3 is 0 Å². The molecule has 0 bridgehead atoms. The third-order valence-corrected chi connectivity index (χ3v) is 2.60. The molecular weight excluding hydrogens is 138 g/mol. The first-order chi connectivity index (χ1) is 5.33. The summed E-state index contributed by atoms with van der Waals surface area (Å²) < 4.78 is 0. The predicted molar refractivity (Wildman–Crippen MR) is 46.6 cm³/mol. The van der Waals surface area contributed by atoms with Crippen molar-refractivity contribution in [2.45, 2.75) is 50.7 Å². The molecular formula is C9H19NO. The lowest BCUT2D eigenvalue weighted by Crippen LogP contribution is -2.28. The van der Waals surface area contributed by atoms with Crippen LogP contribution in [0.4, 0.5) is 0 Å². The van der Waals surface area contributed by atoms with Crippen LogP contribution in [0.25, 0.3) is 0 Å². The van der Waals surface area contributed by atoms with Gasteiger partial charge in [0.25, 0.3) is 0 Å². The second-order valence-electron chi connectivity index (χ2n) is 3.50. The molecule has 0 aromatic rings. The van der Waals surface area contributed by atoms with Crippen LogP contribution in [0.3, 0.4) is 0 Å². The molecule has 2 heteroatoms. The Balaban J connectivity index is 2.25. The van der Waals surface area contributed by atoms with Crippen LogP contribution in [0, 0.1) is 0 Å². The van der Waals surface area contributed by atoms with Crippen molar-refractivity contribution in [3.8, 4) is 0 Å². The molecule has 2 N–H and O–H groups in total. The first-order valence-electron chi connectivity index (χ1n) is 4.68. The van der Waals surface area contributed by atoms with Crippen LogP contribution in [0.1, 0.15) is 38.5 Å². The summed E-state index contributed by atoms with van der Waals surface area (Å²) in [5.74, 6) is 0. The van der Waals surface area contributed by atoms with Gasteiger partial charge in [-0.1, -0.05) is 12.8 Å². The average molecular weight is 157 g/mol. The molecule has 1 rings (SSSR count). The first-order valence-corrected chi connectivity index (χ1v) is 4.68. The highest BCUT2D eigenvalue weighted by Crippen LogP contribution is 2.17. The predicted octanol–water partition coefficient (Wildman–Crippen LogP) is 1.29. The van der Waals surface area contributed by atoms with Gasteiger partial charge in [0.1, 0.15) is 0 Å². The van der Waals surface area contributed by atoms with Crippen LogP contribution in [-0.2, 0) is 0 Å². The van der Waals surface area contributed by atoms with E-state index >= 15 is 0 Å². The second-order valence-corrected chi connectivity index (χ2v) is 3.50. The van der Waals surface area contributed by atoms with Crippen LogP contribution in [0.2, 0.25) is 0 Å². The molecule has 1 aliphatic carbocycles. The van der Waals surface area contributed by atoms with E-state index in [1.165, 1.54) is 19.3 Å². The molecule has 0 unspecified atom stereocenters. The van der Waals surface area contributed by atoms with Crippen LogP contribution in [0.15, 0.2) is 0 Å². The lowest BCUT2D eigenvalue weighted by atomic mass is 9.95. The number of aliphatic hydroxyl groups excluding tert-OH is 1. The monoisotopic (exact) mass is 157 g/mol. The van der Waals surface area contributed by atoms with E-state index < -0.39 is 0 Å². The fourth-order valence-electron chi connectivity index (χ4n) is 1.74. The zero-order valence-corrected chi connectivity index (χ0v) is 7.34. The SMILES string of the molecule is CN[C@@H]1CCCC[C@H](O)CC1. The lowest BCUT2D eigenvalue weighted by molar-refractivity contribution is 0.136. The molecule has 0 amide bonds. The van der Waals surface area contributed by atoms with E-state index in [-0.39, 0.29) is 6.10 Å². The molecule has 2 atom stereocenters. The van der Waals surface area contributed by atoms with Crippen molar-refractivity contribution in [1.82, 2.24) is 5.32 Å². The van der Waals surface area contributed by atoms with E-state index in [0.717, 1.165) is 19.3 Å². The Morgan fingerprint density at radius 1 is 1.09 bits per heavy atom. The normalized spacial score (nSPS) is 34.4. The van der Waals surface area contributed by atoms with Crippen molar-refractivity contribution in [3.63, 3.8) is 0 Å². The Kier molecular flexibility index (Phi) is 3.87. The summed E-state index contributed by atoms with van der Waals surface area (Å²) in [7, 11) is 2.01. The Labute approximate surface area is 69.0 Å². The molecule has 66 valence electrons. The summed E-state index contributed by atoms with van der Waals surface area (Å²) in [4.78, 5) is 0. The van der Waals surface area contributed by atoms with Crippen molar-refractivity contribution in [3.05, 3.63) is 0 Å². The number of hydrogen-bond acceptors (Lipinski definition) is 2. The fourth-order valence-corrected chi connectivity index (χ4v) is 1.74. The Morgan fingerprint density at radius 2 is 1.82 bits per heavy atom. The van der Waals surface area contributed by atoms with Gasteiger partial charge in [-0.2, -0.15) is 0 Å². The summed E-state index contributed by atoms with van der Waals surface area (Å²) >= 11 is 0. The van der Waals surface area contributed by atoms with Crippen molar-refractivity contribution in [1.29, 1.82) is 0 Å². The van der Waals surface area contributed by atoms with Gasteiger partial charge in [0.05, 0.1) is 6.10 Å². The van der Waals surface area contributed by atoms with Gasteiger partial charge in [-0.05, 0) is 32.7 Å². The molecule has 2 nitrogen and oxygen atoms in total. The second kappa shape index (κ2) is 4.73. The molecule has 1 saturated carbocycles. The maximum absolute atomic E-state index is 9.40. The first kappa shape index (κ1) is 9.01. The van der Waals surface area contributed by atoms with Gasteiger partial charge in [0, 0.05) is 6.04 Å². The maximum Gasteiger partial charge on any atom is 0.0540 e. The minimum atomic E-state index is -0.0360. The topological polar surface area (TPSA) is 32.3 Å². The molecule has 0 saturated heterocycles. The molecule has 11 heavy (non-hydrogen) atoms. The van der Waals surface area contributed by atoms with Crippen LogP contribution >= 0.6 is 0 Å². The summed E-state index contributed by atoms with van der Waals surface area (Å²) in [5, 5.41) is 12.7. The smallest absolute Gasteiger partial charge is 0.0540 e. The van der Waals surface area contributed by atoms with Crippen molar-refractivity contribution >= 4 is 0 Å². The third-order valence-electron chi connectivity index (χ3n) is 2.60. The fraction of sp³-hybridized carbons (Fsp3) is 1.00. The highest BCUT2D eigenvalue weighted by molar-refractivity contribution is 4.71. The number of nitrogens with one attached hydrogen (secondary N) is 1. The molecule has 0 spiro atoms. The average Bonchev–Trinajstić information content (AvgIpc) is 1.98. The zero-order valence-electron chi connectivity index (χ0n) is 7.34. The molecule has 1 fully saturated rings. The maximum atomic E-state index is 9.40. The van der Waals surface area contributed by atoms with Crippen LogP contribution < -0.4 is 5.32 Å². The van der Waals surface area contributed by atoms with Gasteiger partial charge in [-0.25, -0.2) is 0 Å². The molecule has 1 aliphatic rings. The summed E-state index contributed by atoms with van der Waals surface area (Å²) in [6, 6.07) is 0.643. The highest BCUT2D eigenvalue weighted by atomic mass is 16.3. The lowest BCUT2D eigenvalue weighted by Gasteiger charge is -2.21. The van der Waals surface area contributed by atoms with E-state index in [0.29, 0.717) is 6.04 Å². The van der Waals surface area contributed by atoms with Gasteiger partial charge in [0.2, 0.25) is 0 Å². The van der Waals surface area contributed by atoms with E-state index in [1.807, 2.05) is 7.05 Å². The minimum Gasteiger partial charge on any atom is -0.393 e. The van der Waals surface area contributed by atoms with Crippen molar-refractivity contribution < 1.29 is 5.11 Å². The van der Waals surface area contributed by atoms with E-state index in [1.54, 1.807) is 0 Å². The number of rotatable bonds is 1. The highest BCUT2D eigenvalue weighted by Gasteiger charge is 2.13. The Bertz CT molecular complexity index is 106. The van der Waals surface area contributed by atoms with E-state index in [2.05, 4.69) is 5.32 Å². The molecule has 0 heterocycles. The number of hydrogen-bond donors (Lipinski definition) is 2. The van der Waals surface area contributed by atoms with Gasteiger partial charge in [-0.15, -0.1) is 0 Å². The minimum absolute atomic E-state index is 0.0360.